The minimum Gasteiger partial charge on any atom is -0.356 e. The number of imidazole rings is 1. The maximum atomic E-state index is 12.8. The maximum absolute atomic E-state index is 12.8. The highest BCUT2D eigenvalue weighted by atomic mass is 16.2. The Morgan fingerprint density at radius 1 is 1.19 bits per heavy atom. The molecule has 1 amide bonds. The number of aryl methyl sites for hydroxylation is 2. The zero-order valence-electron chi connectivity index (χ0n) is 11.9. The van der Waals surface area contributed by atoms with E-state index in [-0.39, 0.29) is 5.91 Å². The molecule has 108 valence electrons. The van der Waals surface area contributed by atoms with E-state index in [1.54, 1.807) is 0 Å². The van der Waals surface area contributed by atoms with Crippen molar-refractivity contribution in [2.45, 2.75) is 25.8 Å². The Hall–Kier alpha value is -2.30. The molecule has 1 aromatic heterocycles. The molecular weight excluding hydrogens is 264 g/mol. The number of nitrogens with zero attached hydrogens (tertiary/aromatic N) is 3. The van der Waals surface area contributed by atoms with Gasteiger partial charge in [-0.1, -0.05) is 18.2 Å². The van der Waals surface area contributed by atoms with Gasteiger partial charge in [0.25, 0.3) is 5.91 Å². The van der Waals surface area contributed by atoms with E-state index in [1.165, 1.54) is 5.56 Å². The number of fused-ring (bicyclic) bond motifs is 2. The van der Waals surface area contributed by atoms with Gasteiger partial charge in [-0.25, -0.2) is 4.98 Å². The van der Waals surface area contributed by atoms with Crippen LogP contribution in [0.2, 0.25) is 0 Å². The van der Waals surface area contributed by atoms with E-state index in [0.29, 0.717) is 5.69 Å². The van der Waals surface area contributed by atoms with Crippen LogP contribution in [0.15, 0.2) is 30.5 Å². The number of carbonyl (C=O) groups is 1. The third-order valence-corrected chi connectivity index (χ3v) is 4.21. The average molecular weight is 282 g/mol. The first kappa shape index (κ1) is 12.4. The minimum atomic E-state index is 0.00542. The summed E-state index contributed by atoms with van der Waals surface area (Å²) in [5.41, 5.74) is 2.82. The fourth-order valence-electron chi connectivity index (χ4n) is 3.16. The summed E-state index contributed by atoms with van der Waals surface area (Å²) < 4.78 is 2.03. The third kappa shape index (κ3) is 2.09. The van der Waals surface area contributed by atoms with E-state index in [9.17, 15) is 4.79 Å². The van der Waals surface area contributed by atoms with Crippen molar-refractivity contribution in [3.05, 3.63) is 41.7 Å². The van der Waals surface area contributed by atoms with Crippen LogP contribution >= 0.6 is 0 Å². The number of nitrogens with one attached hydrogen (secondary N) is 1. The molecule has 5 heteroatoms. The van der Waals surface area contributed by atoms with Crippen LogP contribution in [0.1, 0.15) is 28.9 Å². The standard InChI is InChI=1S/C16H18N4O/c21-15(13-11-19-9-4-8-17-16(19)18-13)20-10-3-6-12-5-1-2-7-14(12)20/h1-2,5,7,11H,3-4,6,8-10H2,(H,17,18). The minimum absolute atomic E-state index is 0.00542. The van der Waals surface area contributed by atoms with E-state index in [1.807, 2.05) is 33.9 Å². The molecule has 2 aromatic rings. The fourth-order valence-corrected chi connectivity index (χ4v) is 3.16. The van der Waals surface area contributed by atoms with Gasteiger partial charge in [-0.2, -0.15) is 0 Å². The van der Waals surface area contributed by atoms with Gasteiger partial charge in [0.1, 0.15) is 5.69 Å². The van der Waals surface area contributed by atoms with Crippen LogP contribution in [-0.4, -0.2) is 28.5 Å². The van der Waals surface area contributed by atoms with E-state index in [2.05, 4.69) is 16.4 Å². The highest BCUT2D eigenvalue weighted by Gasteiger charge is 2.26. The van der Waals surface area contributed by atoms with Crippen LogP contribution in [0.25, 0.3) is 0 Å². The van der Waals surface area contributed by atoms with E-state index in [4.69, 9.17) is 0 Å². The Labute approximate surface area is 123 Å². The van der Waals surface area contributed by atoms with Crippen molar-refractivity contribution in [1.82, 2.24) is 9.55 Å². The molecule has 2 aliphatic heterocycles. The summed E-state index contributed by atoms with van der Waals surface area (Å²) >= 11 is 0. The van der Waals surface area contributed by atoms with Gasteiger partial charge in [0.15, 0.2) is 0 Å². The first-order chi connectivity index (χ1) is 10.3. The number of anilines is 2. The summed E-state index contributed by atoms with van der Waals surface area (Å²) in [5.74, 6) is 0.820. The van der Waals surface area contributed by atoms with E-state index >= 15 is 0 Å². The number of benzene rings is 1. The van der Waals surface area contributed by atoms with Gasteiger partial charge in [0, 0.05) is 31.5 Å². The molecule has 21 heavy (non-hydrogen) atoms. The zero-order chi connectivity index (χ0) is 14.2. The SMILES string of the molecule is O=C(c1cn2c(n1)NCCC2)N1CCCc2ccccc21. The lowest BCUT2D eigenvalue weighted by Crippen LogP contribution is -2.35. The van der Waals surface area contributed by atoms with Crippen molar-refractivity contribution in [1.29, 1.82) is 0 Å². The lowest BCUT2D eigenvalue weighted by atomic mass is 10.0. The normalized spacial score (nSPS) is 16.9. The maximum Gasteiger partial charge on any atom is 0.278 e. The Kier molecular flexibility index (Phi) is 2.91. The van der Waals surface area contributed by atoms with Gasteiger partial charge in [0.2, 0.25) is 5.95 Å². The Bertz CT molecular complexity index is 668. The molecule has 2 aliphatic rings. The lowest BCUT2D eigenvalue weighted by molar-refractivity contribution is 0.0980. The molecule has 0 spiro atoms. The van der Waals surface area contributed by atoms with E-state index < -0.39 is 0 Å². The topological polar surface area (TPSA) is 50.2 Å². The highest BCUT2D eigenvalue weighted by molar-refractivity contribution is 6.05. The first-order valence-electron chi connectivity index (χ1n) is 7.54. The molecule has 1 N–H and O–H groups in total. The summed E-state index contributed by atoms with van der Waals surface area (Å²) in [5, 5.41) is 3.24. The fraction of sp³-hybridized carbons (Fsp3) is 0.375. The Morgan fingerprint density at radius 2 is 2.10 bits per heavy atom. The van der Waals surface area contributed by atoms with Gasteiger partial charge in [-0.05, 0) is 30.9 Å². The molecule has 0 unspecified atom stereocenters. The summed E-state index contributed by atoms with van der Waals surface area (Å²) in [6.45, 7) is 2.63. The molecule has 3 heterocycles. The first-order valence-corrected chi connectivity index (χ1v) is 7.54. The van der Waals surface area contributed by atoms with Gasteiger partial charge in [-0.3, -0.25) is 4.79 Å². The van der Waals surface area contributed by atoms with Gasteiger partial charge in [-0.15, -0.1) is 0 Å². The van der Waals surface area contributed by atoms with Gasteiger partial charge < -0.3 is 14.8 Å². The highest BCUT2D eigenvalue weighted by Crippen LogP contribution is 2.28. The number of rotatable bonds is 1. The number of aromatic nitrogens is 2. The molecule has 1 aromatic carbocycles. The Morgan fingerprint density at radius 3 is 3.00 bits per heavy atom. The molecular formula is C16H18N4O. The number of amides is 1. The zero-order valence-corrected chi connectivity index (χ0v) is 11.9. The summed E-state index contributed by atoms with van der Waals surface area (Å²) in [4.78, 5) is 19.1. The van der Waals surface area contributed by atoms with Crippen LogP contribution in [0, 0.1) is 0 Å². The number of carbonyl (C=O) groups excluding carboxylic acids is 1. The second-order valence-corrected chi connectivity index (χ2v) is 5.61. The quantitative estimate of drug-likeness (QED) is 0.873. The van der Waals surface area contributed by atoms with Gasteiger partial charge >= 0.3 is 0 Å². The predicted molar refractivity (Wildman–Crippen MR) is 81.8 cm³/mol. The van der Waals surface area contributed by atoms with Crippen molar-refractivity contribution in [3.63, 3.8) is 0 Å². The Balaban J connectivity index is 1.68. The van der Waals surface area contributed by atoms with Gasteiger partial charge in [0.05, 0.1) is 0 Å². The van der Waals surface area contributed by atoms with E-state index in [0.717, 1.165) is 50.5 Å². The third-order valence-electron chi connectivity index (χ3n) is 4.21. The smallest absolute Gasteiger partial charge is 0.278 e. The van der Waals surface area contributed by atoms with Crippen LogP contribution < -0.4 is 10.2 Å². The lowest BCUT2D eigenvalue weighted by Gasteiger charge is -2.28. The average Bonchev–Trinajstić information content (AvgIpc) is 2.97. The molecule has 4 rings (SSSR count). The van der Waals surface area contributed by atoms with Crippen LogP contribution in [-0.2, 0) is 13.0 Å². The summed E-state index contributed by atoms with van der Waals surface area (Å²) in [7, 11) is 0. The summed E-state index contributed by atoms with van der Waals surface area (Å²) in [6.07, 6.45) is 5.00. The number of para-hydroxylation sites is 1. The molecule has 0 saturated carbocycles. The predicted octanol–water partition coefficient (Wildman–Crippen LogP) is 2.29. The molecule has 0 aliphatic carbocycles. The second-order valence-electron chi connectivity index (χ2n) is 5.61. The molecule has 0 radical (unpaired) electrons. The van der Waals surface area contributed by atoms with Crippen molar-refractivity contribution in [3.8, 4) is 0 Å². The largest absolute Gasteiger partial charge is 0.356 e. The van der Waals surface area contributed by atoms with Crippen LogP contribution in [0.4, 0.5) is 11.6 Å². The molecule has 0 atom stereocenters. The van der Waals surface area contributed by atoms with Crippen molar-refractivity contribution in [2.24, 2.45) is 0 Å². The van der Waals surface area contributed by atoms with Crippen LogP contribution in [0.3, 0.4) is 0 Å². The number of hydrogen-bond donors (Lipinski definition) is 1. The van der Waals surface area contributed by atoms with Crippen LogP contribution in [0.5, 0.6) is 0 Å². The molecule has 0 saturated heterocycles. The van der Waals surface area contributed by atoms with Crippen molar-refractivity contribution >= 4 is 17.5 Å². The molecule has 0 bridgehead atoms. The number of hydrogen-bond acceptors (Lipinski definition) is 3. The molecule has 0 fully saturated rings. The summed E-state index contributed by atoms with van der Waals surface area (Å²) in [6, 6.07) is 8.16. The molecule has 5 nitrogen and oxygen atoms in total. The second kappa shape index (κ2) is 4.91. The van der Waals surface area contributed by atoms with Crippen molar-refractivity contribution in [2.75, 3.05) is 23.3 Å². The van der Waals surface area contributed by atoms with Crippen molar-refractivity contribution < 1.29 is 4.79 Å². The monoisotopic (exact) mass is 282 g/mol.